The van der Waals surface area contributed by atoms with Gasteiger partial charge in [-0.2, -0.15) is 0 Å². The summed E-state index contributed by atoms with van der Waals surface area (Å²) in [5, 5.41) is 4.70. The normalized spacial score (nSPS) is 10.2. The van der Waals surface area contributed by atoms with Crippen LogP contribution >= 0.6 is 0 Å². The van der Waals surface area contributed by atoms with Gasteiger partial charge in [-0.05, 0) is 24.3 Å². The molecule has 0 radical (unpaired) electrons. The van der Waals surface area contributed by atoms with Crippen molar-refractivity contribution in [1.29, 1.82) is 0 Å². The lowest BCUT2D eigenvalue weighted by molar-refractivity contribution is -0.114. The van der Waals surface area contributed by atoms with Crippen LogP contribution in [0.1, 0.15) is 40.0 Å². The monoisotopic (exact) mass is 309 g/mol. The Kier molecular flexibility index (Phi) is 6.03. The smallest absolute Gasteiger partial charge is 0.221 e. The van der Waals surface area contributed by atoms with Crippen LogP contribution < -0.4 is 5.32 Å². The molecule has 2 aromatic heterocycles. The van der Waals surface area contributed by atoms with Crippen LogP contribution in [0.4, 0.5) is 5.69 Å². The molecule has 1 N–H and O–H groups in total. The lowest BCUT2D eigenvalue weighted by Crippen LogP contribution is -2.06. The quantitative estimate of drug-likeness (QED) is 0.697. The second-order valence-corrected chi connectivity index (χ2v) is 5.43. The van der Waals surface area contributed by atoms with Crippen molar-refractivity contribution < 1.29 is 4.79 Å². The SMILES string of the molecule is CC(=O)Nc1cc2cccnc2c2ncccc12.CCCCC. The van der Waals surface area contributed by atoms with E-state index < -0.39 is 0 Å². The minimum atomic E-state index is -0.0941. The number of benzene rings is 1. The summed E-state index contributed by atoms with van der Waals surface area (Å²) in [6.07, 6.45) is 7.55. The van der Waals surface area contributed by atoms with E-state index in [9.17, 15) is 4.79 Å². The van der Waals surface area contributed by atoms with Crippen molar-refractivity contribution in [3.8, 4) is 0 Å². The first kappa shape index (κ1) is 16.9. The molecule has 3 aromatic rings. The van der Waals surface area contributed by atoms with Gasteiger partial charge < -0.3 is 5.32 Å². The molecule has 120 valence electrons. The van der Waals surface area contributed by atoms with E-state index in [1.165, 1.54) is 26.2 Å². The third-order valence-electron chi connectivity index (χ3n) is 3.48. The molecule has 4 heteroatoms. The predicted octanol–water partition coefficient (Wildman–Crippen LogP) is 4.94. The van der Waals surface area contributed by atoms with Crippen molar-refractivity contribution in [2.24, 2.45) is 0 Å². The van der Waals surface area contributed by atoms with Gasteiger partial charge in [-0.25, -0.2) is 0 Å². The number of anilines is 1. The van der Waals surface area contributed by atoms with E-state index in [0.29, 0.717) is 0 Å². The second kappa shape index (κ2) is 8.22. The van der Waals surface area contributed by atoms with Crippen LogP contribution in [-0.4, -0.2) is 15.9 Å². The van der Waals surface area contributed by atoms with Gasteiger partial charge >= 0.3 is 0 Å². The molecular weight excluding hydrogens is 286 g/mol. The summed E-state index contributed by atoms with van der Waals surface area (Å²) in [6, 6.07) is 9.54. The molecule has 0 saturated heterocycles. The largest absolute Gasteiger partial charge is 0.326 e. The number of carbonyl (C=O) groups is 1. The fourth-order valence-electron chi connectivity index (χ4n) is 2.42. The molecule has 0 aliphatic heterocycles. The third kappa shape index (κ3) is 4.25. The number of hydrogen-bond acceptors (Lipinski definition) is 3. The minimum absolute atomic E-state index is 0.0941. The van der Waals surface area contributed by atoms with Crippen LogP contribution in [0.15, 0.2) is 42.7 Å². The fraction of sp³-hybridized carbons (Fsp3) is 0.316. The third-order valence-corrected chi connectivity index (χ3v) is 3.48. The number of unbranched alkanes of at least 4 members (excludes halogenated alkanes) is 2. The molecular formula is C19H23N3O. The number of nitrogens with one attached hydrogen (secondary N) is 1. The highest BCUT2D eigenvalue weighted by Gasteiger charge is 2.08. The Hall–Kier alpha value is -2.49. The number of rotatable bonds is 3. The van der Waals surface area contributed by atoms with E-state index in [-0.39, 0.29) is 5.91 Å². The van der Waals surface area contributed by atoms with Gasteiger partial charge in [-0.15, -0.1) is 0 Å². The van der Waals surface area contributed by atoms with Gasteiger partial charge in [0, 0.05) is 30.1 Å². The lowest BCUT2D eigenvalue weighted by atomic mass is 10.1. The lowest BCUT2D eigenvalue weighted by Gasteiger charge is -2.09. The van der Waals surface area contributed by atoms with E-state index in [0.717, 1.165) is 27.5 Å². The molecule has 0 aliphatic rings. The van der Waals surface area contributed by atoms with Crippen molar-refractivity contribution in [2.45, 2.75) is 40.0 Å². The Morgan fingerprint density at radius 3 is 2.30 bits per heavy atom. The van der Waals surface area contributed by atoms with Crippen LogP contribution in [0.25, 0.3) is 21.8 Å². The van der Waals surface area contributed by atoms with E-state index in [2.05, 4.69) is 29.1 Å². The molecule has 4 nitrogen and oxygen atoms in total. The number of hydrogen-bond donors (Lipinski definition) is 1. The molecule has 2 heterocycles. The maximum Gasteiger partial charge on any atom is 0.221 e. The van der Waals surface area contributed by atoms with E-state index >= 15 is 0 Å². The van der Waals surface area contributed by atoms with Crippen molar-refractivity contribution in [3.63, 3.8) is 0 Å². The van der Waals surface area contributed by atoms with Gasteiger partial charge in [0.15, 0.2) is 0 Å². The Morgan fingerprint density at radius 1 is 1.04 bits per heavy atom. The van der Waals surface area contributed by atoms with Crippen LogP contribution in [0.5, 0.6) is 0 Å². The zero-order valence-corrected chi connectivity index (χ0v) is 14.0. The predicted molar refractivity (Wildman–Crippen MR) is 96.5 cm³/mol. The van der Waals surface area contributed by atoms with Crippen LogP contribution in [0, 0.1) is 0 Å². The van der Waals surface area contributed by atoms with Gasteiger partial charge in [0.05, 0.1) is 16.7 Å². The minimum Gasteiger partial charge on any atom is -0.326 e. The Balaban J connectivity index is 0.000000338. The van der Waals surface area contributed by atoms with E-state index in [4.69, 9.17) is 0 Å². The number of fused-ring (bicyclic) bond motifs is 3. The number of aromatic nitrogens is 2. The molecule has 1 aromatic carbocycles. The summed E-state index contributed by atoms with van der Waals surface area (Å²) in [5.74, 6) is -0.0941. The molecule has 0 aliphatic carbocycles. The second-order valence-electron chi connectivity index (χ2n) is 5.43. The number of pyridine rings is 2. The maximum absolute atomic E-state index is 11.2. The highest BCUT2D eigenvalue weighted by molar-refractivity contribution is 6.11. The van der Waals surface area contributed by atoms with E-state index in [1.807, 2.05) is 30.3 Å². The topological polar surface area (TPSA) is 54.9 Å². The van der Waals surface area contributed by atoms with E-state index in [1.54, 1.807) is 12.4 Å². The van der Waals surface area contributed by atoms with Crippen molar-refractivity contribution in [2.75, 3.05) is 5.32 Å². The Labute approximate surface area is 137 Å². The van der Waals surface area contributed by atoms with Crippen LogP contribution in [0.3, 0.4) is 0 Å². The molecule has 0 unspecified atom stereocenters. The Morgan fingerprint density at radius 2 is 1.70 bits per heavy atom. The maximum atomic E-state index is 11.2. The fourth-order valence-corrected chi connectivity index (χ4v) is 2.42. The summed E-state index contributed by atoms with van der Waals surface area (Å²) in [7, 11) is 0. The average Bonchev–Trinajstić information content (AvgIpc) is 2.56. The number of nitrogens with zero attached hydrogens (tertiary/aromatic N) is 2. The molecule has 3 rings (SSSR count). The summed E-state index contributed by atoms with van der Waals surface area (Å²) in [5.41, 5.74) is 2.42. The highest BCUT2D eigenvalue weighted by Crippen LogP contribution is 2.28. The van der Waals surface area contributed by atoms with Gasteiger partial charge in [0.25, 0.3) is 0 Å². The first-order valence-electron chi connectivity index (χ1n) is 8.07. The van der Waals surface area contributed by atoms with Gasteiger partial charge in [0.2, 0.25) is 5.91 Å². The van der Waals surface area contributed by atoms with Crippen molar-refractivity contribution in [3.05, 3.63) is 42.7 Å². The van der Waals surface area contributed by atoms with Gasteiger partial charge in [-0.1, -0.05) is 39.2 Å². The average molecular weight is 309 g/mol. The highest BCUT2D eigenvalue weighted by atomic mass is 16.1. The number of amides is 1. The summed E-state index contributed by atoms with van der Waals surface area (Å²) >= 11 is 0. The summed E-state index contributed by atoms with van der Waals surface area (Å²) in [4.78, 5) is 20.0. The Bertz CT molecular complexity index is 797. The molecule has 0 atom stereocenters. The molecule has 0 spiro atoms. The molecule has 0 saturated carbocycles. The first-order valence-corrected chi connectivity index (χ1v) is 8.07. The van der Waals surface area contributed by atoms with Gasteiger partial charge in [0.1, 0.15) is 0 Å². The number of carbonyl (C=O) groups excluding carboxylic acids is 1. The van der Waals surface area contributed by atoms with Crippen molar-refractivity contribution >= 4 is 33.4 Å². The van der Waals surface area contributed by atoms with Gasteiger partial charge in [-0.3, -0.25) is 14.8 Å². The zero-order valence-electron chi connectivity index (χ0n) is 14.0. The summed E-state index contributed by atoms with van der Waals surface area (Å²) in [6.45, 7) is 5.92. The summed E-state index contributed by atoms with van der Waals surface area (Å²) < 4.78 is 0. The molecule has 0 fully saturated rings. The molecule has 1 amide bonds. The van der Waals surface area contributed by atoms with Crippen LogP contribution in [0.2, 0.25) is 0 Å². The van der Waals surface area contributed by atoms with Crippen molar-refractivity contribution in [1.82, 2.24) is 9.97 Å². The molecule has 23 heavy (non-hydrogen) atoms. The molecule has 0 bridgehead atoms. The standard InChI is InChI=1S/C14H11N3O.C5H12/c1-9(18)17-12-8-10-4-2-6-15-13(10)14-11(12)5-3-7-16-14;1-3-5-4-2/h2-8H,1H3,(H,17,18);3-5H2,1-2H3. The van der Waals surface area contributed by atoms with Crippen LogP contribution in [-0.2, 0) is 4.79 Å². The zero-order chi connectivity index (χ0) is 16.7. The first-order chi connectivity index (χ1) is 11.2.